The van der Waals surface area contributed by atoms with Gasteiger partial charge in [-0.25, -0.2) is 0 Å². The highest BCUT2D eigenvalue weighted by Crippen LogP contribution is 2.28. The largest absolute Gasteiger partial charge is 0.497 e. The Bertz CT molecular complexity index is 473. The molecule has 1 heterocycles. The van der Waals surface area contributed by atoms with Gasteiger partial charge in [0.2, 0.25) is 5.91 Å². The van der Waals surface area contributed by atoms with E-state index >= 15 is 0 Å². The number of ether oxygens (including phenoxy) is 3. The van der Waals surface area contributed by atoms with Gasteiger partial charge in [-0.3, -0.25) is 4.79 Å². The number of hydrogen-bond donors (Lipinski definition) is 2. The van der Waals surface area contributed by atoms with E-state index in [0.717, 1.165) is 18.5 Å². The Kier molecular flexibility index (Phi) is 5.68. The number of rotatable bonds is 6. The minimum atomic E-state index is -0.0354. The third-order valence-electron chi connectivity index (χ3n) is 3.43. The average Bonchev–Trinajstić information content (AvgIpc) is 2.53. The molecule has 1 fully saturated rings. The molecule has 6 heteroatoms. The van der Waals surface area contributed by atoms with Crippen molar-refractivity contribution in [2.75, 3.05) is 39.3 Å². The maximum absolute atomic E-state index is 12.0. The van der Waals surface area contributed by atoms with Gasteiger partial charge in [-0.05, 0) is 25.0 Å². The Labute approximate surface area is 124 Å². The first-order chi connectivity index (χ1) is 10.2. The lowest BCUT2D eigenvalue weighted by Crippen LogP contribution is -2.41. The van der Waals surface area contributed by atoms with Crippen molar-refractivity contribution in [2.45, 2.75) is 18.9 Å². The van der Waals surface area contributed by atoms with Crippen LogP contribution >= 0.6 is 0 Å². The second-order valence-corrected chi connectivity index (χ2v) is 4.87. The van der Waals surface area contributed by atoms with Crippen LogP contribution in [0, 0.1) is 0 Å². The fourth-order valence-electron chi connectivity index (χ4n) is 2.25. The summed E-state index contributed by atoms with van der Waals surface area (Å²) in [7, 11) is 3.19. The van der Waals surface area contributed by atoms with Crippen molar-refractivity contribution in [3.8, 4) is 11.5 Å². The number of carbonyl (C=O) groups is 1. The van der Waals surface area contributed by atoms with E-state index in [9.17, 15) is 4.79 Å². The molecule has 6 nitrogen and oxygen atoms in total. The van der Waals surface area contributed by atoms with Crippen molar-refractivity contribution in [1.29, 1.82) is 0 Å². The standard InChI is InChI=1S/C15H22N2O4/c1-19-12-3-4-14(20-2)13(9-12)16-10-15(18)17-11-5-7-21-8-6-11/h3-4,9,11,16H,5-8,10H2,1-2H3,(H,17,18). The maximum Gasteiger partial charge on any atom is 0.239 e. The molecule has 0 saturated carbocycles. The Hall–Kier alpha value is -1.95. The van der Waals surface area contributed by atoms with E-state index in [1.807, 2.05) is 6.07 Å². The van der Waals surface area contributed by atoms with Gasteiger partial charge in [0.05, 0.1) is 26.5 Å². The summed E-state index contributed by atoms with van der Waals surface area (Å²) >= 11 is 0. The molecule has 1 saturated heterocycles. The van der Waals surface area contributed by atoms with Gasteiger partial charge in [-0.1, -0.05) is 0 Å². The molecular formula is C15H22N2O4. The zero-order chi connectivity index (χ0) is 15.1. The summed E-state index contributed by atoms with van der Waals surface area (Å²) in [6.07, 6.45) is 1.74. The number of anilines is 1. The van der Waals surface area contributed by atoms with E-state index in [1.165, 1.54) is 0 Å². The summed E-state index contributed by atoms with van der Waals surface area (Å²) in [5, 5.41) is 6.08. The Balaban J connectivity index is 1.87. The molecule has 1 aliphatic rings. The summed E-state index contributed by atoms with van der Waals surface area (Å²) < 4.78 is 15.7. The van der Waals surface area contributed by atoms with Crippen LogP contribution in [-0.4, -0.2) is 45.9 Å². The zero-order valence-electron chi connectivity index (χ0n) is 12.5. The third kappa shape index (κ3) is 4.53. The van der Waals surface area contributed by atoms with E-state index in [0.29, 0.717) is 24.7 Å². The first-order valence-electron chi connectivity index (χ1n) is 7.06. The van der Waals surface area contributed by atoms with Crippen LogP contribution in [0.5, 0.6) is 11.5 Å². The second kappa shape index (κ2) is 7.73. The summed E-state index contributed by atoms with van der Waals surface area (Å²) in [4.78, 5) is 12.0. The Morgan fingerprint density at radius 1 is 1.29 bits per heavy atom. The number of methoxy groups -OCH3 is 2. The van der Waals surface area contributed by atoms with Crippen LogP contribution in [0.15, 0.2) is 18.2 Å². The van der Waals surface area contributed by atoms with Gasteiger partial charge in [0.1, 0.15) is 11.5 Å². The lowest BCUT2D eigenvalue weighted by molar-refractivity contribution is -0.120. The fraction of sp³-hybridized carbons (Fsp3) is 0.533. The molecule has 2 N–H and O–H groups in total. The van der Waals surface area contributed by atoms with Crippen LogP contribution in [0.1, 0.15) is 12.8 Å². The Morgan fingerprint density at radius 3 is 2.71 bits per heavy atom. The minimum Gasteiger partial charge on any atom is -0.497 e. The Morgan fingerprint density at radius 2 is 2.05 bits per heavy atom. The summed E-state index contributed by atoms with van der Waals surface area (Å²) in [5.41, 5.74) is 0.735. The normalized spacial score (nSPS) is 15.3. The second-order valence-electron chi connectivity index (χ2n) is 4.87. The van der Waals surface area contributed by atoms with Crippen molar-refractivity contribution in [3.63, 3.8) is 0 Å². The van der Waals surface area contributed by atoms with Gasteiger partial charge >= 0.3 is 0 Å². The van der Waals surface area contributed by atoms with E-state index < -0.39 is 0 Å². The summed E-state index contributed by atoms with van der Waals surface area (Å²) in [6, 6.07) is 5.63. The predicted molar refractivity (Wildman–Crippen MR) is 80.0 cm³/mol. The first-order valence-corrected chi connectivity index (χ1v) is 7.06. The van der Waals surface area contributed by atoms with Gasteiger partial charge in [0.25, 0.3) is 0 Å². The summed E-state index contributed by atoms with van der Waals surface area (Å²) in [6.45, 7) is 1.62. The molecule has 0 aromatic heterocycles. The molecular weight excluding hydrogens is 272 g/mol. The van der Waals surface area contributed by atoms with Gasteiger partial charge in [-0.2, -0.15) is 0 Å². The lowest BCUT2D eigenvalue weighted by Gasteiger charge is -2.23. The zero-order valence-corrected chi connectivity index (χ0v) is 12.5. The van der Waals surface area contributed by atoms with Crippen LogP contribution in [0.25, 0.3) is 0 Å². The molecule has 1 aromatic rings. The fourth-order valence-corrected chi connectivity index (χ4v) is 2.25. The lowest BCUT2D eigenvalue weighted by atomic mass is 10.1. The quantitative estimate of drug-likeness (QED) is 0.830. The van der Waals surface area contributed by atoms with Crippen molar-refractivity contribution < 1.29 is 19.0 Å². The monoisotopic (exact) mass is 294 g/mol. The predicted octanol–water partition coefficient (Wildman–Crippen LogP) is 1.41. The first kappa shape index (κ1) is 15.4. The molecule has 1 amide bonds. The molecule has 0 spiro atoms. The van der Waals surface area contributed by atoms with E-state index in [-0.39, 0.29) is 18.5 Å². The average molecular weight is 294 g/mol. The molecule has 0 unspecified atom stereocenters. The smallest absolute Gasteiger partial charge is 0.239 e. The van der Waals surface area contributed by atoms with Crippen LogP contribution < -0.4 is 20.1 Å². The molecule has 1 aromatic carbocycles. The SMILES string of the molecule is COc1ccc(OC)c(NCC(=O)NC2CCOCC2)c1. The number of nitrogens with one attached hydrogen (secondary N) is 2. The van der Waals surface area contributed by atoms with Crippen molar-refractivity contribution in [3.05, 3.63) is 18.2 Å². The van der Waals surface area contributed by atoms with E-state index in [2.05, 4.69) is 10.6 Å². The van der Waals surface area contributed by atoms with E-state index in [4.69, 9.17) is 14.2 Å². The highest BCUT2D eigenvalue weighted by atomic mass is 16.5. The third-order valence-corrected chi connectivity index (χ3v) is 3.43. The maximum atomic E-state index is 12.0. The number of carbonyl (C=O) groups excluding carboxylic acids is 1. The van der Waals surface area contributed by atoms with Crippen LogP contribution in [0.2, 0.25) is 0 Å². The van der Waals surface area contributed by atoms with Crippen LogP contribution in [0.3, 0.4) is 0 Å². The number of benzene rings is 1. The highest BCUT2D eigenvalue weighted by Gasteiger charge is 2.16. The van der Waals surface area contributed by atoms with E-state index in [1.54, 1.807) is 26.4 Å². The number of hydrogen-bond acceptors (Lipinski definition) is 5. The van der Waals surface area contributed by atoms with Crippen LogP contribution in [0.4, 0.5) is 5.69 Å². The molecule has 0 bridgehead atoms. The molecule has 1 aliphatic heterocycles. The molecule has 21 heavy (non-hydrogen) atoms. The topological polar surface area (TPSA) is 68.8 Å². The van der Waals surface area contributed by atoms with Gasteiger partial charge in [-0.15, -0.1) is 0 Å². The van der Waals surface area contributed by atoms with Gasteiger partial charge < -0.3 is 24.8 Å². The number of amides is 1. The molecule has 116 valence electrons. The molecule has 0 radical (unpaired) electrons. The van der Waals surface area contributed by atoms with Crippen molar-refractivity contribution in [2.24, 2.45) is 0 Å². The van der Waals surface area contributed by atoms with Gasteiger partial charge in [0, 0.05) is 25.3 Å². The highest BCUT2D eigenvalue weighted by molar-refractivity contribution is 5.81. The molecule has 2 rings (SSSR count). The van der Waals surface area contributed by atoms with Gasteiger partial charge in [0.15, 0.2) is 0 Å². The van der Waals surface area contributed by atoms with Crippen molar-refractivity contribution >= 4 is 11.6 Å². The molecule has 0 atom stereocenters. The minimum absolute atomic E-state index is 0.0354. The van der Waals surface area contributed by atoms with Crippen molar-refractivity contribution in [1.82, 2.24) is 5.32 Å². The molecule has 0 aliphatic carbocycles. The summed E-state index contributed by atoms with van der Waals surface area (Å²) in [5.74, 6) is 1.35. The van der Waals surface area contributed by atoms with Crippen LogP contribution in [-0.2, 0) is 9.53 Å².